The Balaban J connectivity index is 1.85. The summed E-state index contributed by atoms with van der Waals surface area (Å²) in [6.07, 6.45) is 0. The molecule has 2 N–H and O–H groups in total. The van der Waals surface area contributed by atoms with Crippen LogP contribution >= 0.6 is 0 Å². The molecule has 108 valence electrons. The fourth-order valence-corrected chi connectivity index (χ4v) is 2.25. The van der Waals surface area contributed by atoms with Crippen molar-refractivity contribution in [1.82, 2.24) is 0 Å². The first-order valence-corrected chi connectivity index (χ1v) is 6.73. The van der Waals surface area contributed by atoms with Crippen LogP contribution < -0.4 is 20.1 Å². The van der Waals surface area contributed by atoms with Gasteiger partial charge in [0.1, 0.15) is 12.4 Å². The van der Waals surface area contributed by atoms with Crippen LogP contribution in [0, 0.1) is 0 Å². The van der Waals surface area contributed by atoms with Crippen molar-refractivity contribution >= 4 is 17.3 Å². The Labute approximate surface area is 122 Å². The maximum Gasteiger partial charge on any atom is 0.259 e. The van der Waals surface area contributed by atoms with E-state index in [0.29, 0.717) is 29.4 Å². The van der Waals surface area contributed by atoms with Gasteiger partial charge in [-0.15, -0.1) is 0 Å². The standard InChI is InChI=1S/C16H16N2O3/c1-20-12-5-2-4-11(10-12)18-16(19)13-6-3-7-14-15(13)21-9-8-17-14/h2-7,10,17H,8-9H2,1H3,(H,18,19). The van der Waals surface area contributed by atoms with Gasteiger partial charge in [-0.25, -0.2) is 0 Å². The van der Waals surface area contributed by atoms with Crippen molar-refractivity contribution in [3.8, 4) is 11.5 Å². The number of carbonyl (C=O) groups excluding carboxylic acids is 1. The Hall–Kier alpha value is -2.69. The van der Waals surface area contributed by atoms with Crippen molar-refractivity contribution in [3.05, 3.63) is 48.0 Å². The van der Waals surface area contributed by atoms with E-state index in [-0.39, 0.29) is 5.91 Å². The lowest BCUT2D eigenvalue weighted by molar-refractivity contribution is 0.102. The zero-order valence-corrected chi connectivity index (χ0v) is 11.7. The quantitative estimate of drug-likeness (QED) is 0.910. The summed E-state index contributed by atoms with van der Waals surface area (Å²) in [6, 6.07) is 12.7. The number of hydrogen-bond donors (Lipinski definition) is 2. The third-order valence-corrected chi connectivity index (χ3v) is 3.25. The molecule has 0 atom stereocenters. The smallest absolute Gasteiger partial charge is 0.259 e. The predicted octanol–water partition coefficient (Wildman–Crippen LogP) is 2.75. The highest BCUT2D eigenvalue weighted by Crippen LogP contribution is 2.31. The fourth-order valence-electron chi connectivity index (χ4n) is 2.25. The first-order valence-electron chi connectivity index (χ1n) is 6.73. The number of carbonyl (C=O) groups is 1. The Morgan fingerprint density at radius 3 is 3.00 bits per heavy atom. The van der Waals surface area contributed by atoms with E-state index in [1.807, 2.05) is 30.3 Å². The Kier molecular flexibility index (Phi) is 3.64. The van der Waals surface area contributed by atoms with Crippen molar-refractivity contribution in [2.24, 2.45) is 0 Å². The van der Waals surface area contributed by atoms with Gasteiger partial charge in [-0.05, 0) is 24.3 Å². The van der Waals surface area contributed by atoms with Crippen LogP contribution in [0.25, 0.3) is 0 Å². The van der Waals surface area contributed by atoms with Crippen LogP contribution in [0.5, 0.6) is 11.5 Å². The Morgan fingerprint density at radius 2 is 2.14 bits per heavy atom. The van der Waals surface area contributed by atoms with Crippen LogP contribution in [0.2, 0.25) is 0 Å². The van der Waals surface area contributed by atoms with Gasteiger partial charge in [0, 0.05) is 18.3 Å². The molecule has 21 heavy (non-hydrogen) atoms. The maximum atomic E-state index is 12.4. The summed E-state index contributed by atoms with van der Waals surface area (Å²) in [4.78, 5) is 12.4. The topological polar surface area (TPSA) is 59.6 Å². The monoisotopic (exact) mass is 284 g/mol. The lowest BCUT2D eigenvalue weighted by Crippen LogP contribution is -2.21. The molecule has 0 aromatic heterocycles. The summed E-state index contributed by atoms with van der Waals surface area (Å²) < 4.78 is 10.8. The van der Waals surface area contributed by atoms with Gasteiger partial charge in [0.25, 0.3) is 5.91 Å². The number of ether oxygens (including phenoxy) is 2. The average Bonchev–Trinajstić information content (AvgIpc) is 2.54. The molecule has 1 aliphatic rings. The summed E-state index contributed by atoms with van der Waals surface area (Å²) in [5.41, 5.74) is 2.04. The van der Waals surface area contributed by atoms with Crippen molar-refractivity contribution in [2.45, 2.75) is 0 Å². The molecule has 0 unspecified atom stereocenters. The van der Waals surface area contributed by atoms with Crippen molar-refractivity contribution in [1.29, 1.82) is 0 Å². The molecule has 0 aliphatic carbocycles. The SMILES string of the molecule is COc1cccc(NC(=O)c2cccc3c2OCCN3)c1. The molecule has 1 heterocycles. The molecule has 2 aromatic carbocycles. The highest BCUT2D eigenvalue weighted by atomic mass is 16.5. The lowest BCUT2D eigenvalue weighted by atomic mass is 10.1. The van der Waals surface area contributed by atoms with Gasteiger partial charge in [-0.3, -0.25) is 4.79 Å². The number of nitrogens with one attached hydrogen (secondary N) is 2. The summed E-state index contributed by atoms with van der Waals surface area (Å²) in [5, 5.41) is 6.07. The predicted molar refractivity (Wildman–Crippen MR) is 81.4 cm³/mol. The second-order valence-corrected chi connectivity index (χ2v) is 4.64. The van der Waals surface area contributed by atoms with Crippen LogP contribution in [0.1, 0.15) is 10.4 Å². The molecule has 5 heteroatoms. The van der Waals surface area contributed by atoms with Gasteiger partial charge >= 0.3 is 0 Å². The molecule has 1 aliphatic heterocycles. The van der Waals surface area contributed by atoms with Crippen LogP contribution in [0.15, 0.2) is 42.5 Å². The number of benzene rings is 2. The van der Waals surface area contributed by atoms with Crippen molar-refractivity contribution < 1.29 is 14.3 Å². The number of hydrogen-bond acceptors (Lipinski definition) is 4. The summed E-state index contributed by atoms with van der Waals surface area (Å²) >= 11 is 0. The number of fused-ring (bicyclic) bond motifs is 1. The largest absolute Gasteiger partial charge is 0.497 e. The molecular formula is C16H16N2O3. The van der Waals surface area contributed by atoms with Crippen LogP contribution in [0.4, 0.5) is 11.4 Å². The van der Waals surface area contributed by atoms with E-state index in [4.69, 9.17) is 9.47 Å². The van der Waals surface area contributed by atoms with Gasteiger partial charge in [-0.2, -0.15) is 0 Å². The summed E-state index contributed by atoms with van der Waals surface area (Å²) in [5.74, 6) is 1.09. The molecule has 5 nitrogen and oxygen atoms in total. The van der Waals surface area contributed by atoms with E-state index < -0.39 is 0 Å². The highest BCUT2D eigenvalue weighted by molar-refractivity contribution is 6.07. The van der Waals surface area contributed by atoms with E-state index in [9.17, 15) is 4.79 Å². The minimum atomic E-state index is -0.205. The normalized spacial score (nSPS) is 12.6. The van der Waals surface area contributed by atoms with E-state index in [1.54, 1.807) is 19.2 Å². The van der Waals surface area contributed by atoms with Crippen LogP contribution in [-0.2, 0) is 0 Å². The van der Waals surface area contributed by atoms with Gasteiger partial charge in [0.2, 0.25) is 0 Å². The number of anilines is 2. The zero-order chi connectivity index (χ0) is 14.7. The minimum absolute atomic E-state index is 0.205. The summed E-state index contributed by atoms with van der Waals surface area (Å²) in [6.45, 7) is 1.30. The third-order valence-electron chi connectivity index (χ3n) is 3.25. The second-order valence-electron chi connectivity index (χ2n) is 4.64. The first kappa shape index (κ1) is 13.3. The molecule has 0 radical (unpaired) electrons. The Bertz CT molecular complexity index is 670. The molecule has 0 spiro atoms. The lowest BCUT2D eigenvalue weighted by Gasteiger charge is -2.21. The third kappa shape index (κ3) is 2.76. The van der Waals surface area contributed by atoms with E-state index in [1.165, 1.54) is 0 Å². The van der Waals surface area contributed by atoms with E-state index >= 15 is 0 Å². The van der Waals surface area contributed by atoms with Crippen molar-refractivity contribution in [2.75, 3.05) is 30.9 Å². The highest BCUT2D eigenvalue weighted by Gasteiger charge is 2.19. The summed E-state index contributed by atoms with van der Waals surface area (Å²) in [7, 11) is 1.59. The number of amides is 1. The maximum absolute atomic E-state index is 12.4. The van der Waals surface area contributed by atoms with Gasteiger partial charge in [0.15, 0.2) is 5.75 Å². The second kappa shape index (κ2) is 5.75. The van der Waals surface area contributed by atoms with Gasteiger partial charge < -0.3 is 20.1 Å². The number of para-hydroxylation sites is 1. The van der Waals surface area contributed by atoms with E-state index in [2.05, 4.69) is 10.6 Å². The van der Waals surface area contributed by atoms with E-state index in [0.717, 1.165) is 12.2 Å². The zero-order valence-electron chi connectivity index (χ0n) is 11.7. The molecule has 1 amide bonds. The van der Waals surface area contributed by atoms with Gasteiger partial charge in [0.05, 0.1) is 18.4 Å². The Morgan fingerprint density at radius 1 is 1.29 bits per heavy atom. The number of methoxy groups -OCH3 is 1. The molecule has 0 bridgehead atoms. The molecule has 0 saturated heterocycles. The van der Waals surface area contributed by atoms with Gasteiger partial charge in [-0.1, -0.05) is 12.1 Å². The molecule has 0 saturated carbocycles. The molecule has 3 rings (SSSR count). The molecule has 2 aromatic rings. The molecular weight excluding hydrogens is 268 g/mol. The van der Waals surface area contributed by atoms with Crippen LogP contribution in [-0.4, -0.2) is 26.2 Å². The molecule has 0 fully saturated rings. The minimum Gasteiger partial charge on any atom is -0.497 e. The first-order chi connectivity index (χ1) is 10.3. The number of rotatable bonds is 3. The van der Waals surface area contributed by atoms with Crippen LogP contribution in [0.3, 0.4) is 0 Å². The fraction of sp³-hybridized carbons (Fsp3) is 0.188. The average molecular weight is 284 g/mol. The van der Waals surface area contributed by atoms with Crippen molar-refractivity contribution in [3.63, 3.8) is 0 Å².